The largest absolute Gasteiger partial charge is 0.389 e. The molecule has 0 aliphatic heterocycles. The van der Waals surface area contributed by atoms with E-state index in [0.29, 0.717) is 5.78 Å². The molecule has 0 radical (unpaired) electrons. The molecule has 0 aliphatic carbocycles. The van der Waals surface area contributed by atoms with E-state index in [0.717, 1.165) is 28.6 Å². The maximum atomic E-state index is 4.54. The van der Waals surface area contributed by atoms with Crippen LogP contribution in [0.3, 0.4) is 0 Å². The van der Waals surface area contributed by atoms with Crippen LogP contribution in [0.25, 0.3) is 11.6 Å². The van der Waals surface area contributed by atoms with Gasteiger partial charge in [0.05, 0.1) is 22.8 Å². The Labute approximate surface area is 98.8 Å². The Morgan fingerprint density at radius 3 is 2.47 bits per heavy atom. The van der Waals surface area contributed by atoms with Crippen LogP contribution in [-0.4, -0.2) is 19.6 Å². The van der Waals surface area contributed by atoms with Crippen molar-refractivity contribution in [1.29, 1.82) is 0 Å². The van der Waals surface area contributed by atoms with Crippen molar-refractivity contribution in [2.24, 2.45) is 0 Å². The summed E-state index contributed by atoms with van der Waals surface area (Å²) in [5.74, 6) is 1.52. The van der Waals surface area contributed by atoms with Gasteiger partial charge in [-0.2, -0.15) is 4.40 Å². The van der Waals surface area contributed by atoms with Crippen molar-refractivity contribution in [3.8, 4) is 0 Å². The Hall–Kier alpha value is -2.04. The summed E-state index contributed by atoms with van der Waals surface area (Å²) in [5.41, 5.74) is 4.12. The van der Waals surface area contributed by atoms with E-state index in [1.807, 2.05) is 48.7 Å². The number of nitrogens with zero attached hydrogens (tertiary/aromatic N) is 5. The molecule has 3 heterocycles. The highest BCUT2D eigenvalue weighted by Crippen LogP contribution is 2.06. The normalized spacial score (nSPS) is 11.5. The fraction of sp³-hybridized carbons (Fsp3) is 0.333. The Kier molecular flexibility index (Phi) is 1.92. The lowest BCUT2D eigenvalue weighted by Crippen LogP contribution is -2.27. The van der Waals surface area contributed by atoms with Crippen LogP contribution in [0, 0.1) is 27.7 Å². The molecular weight excluding hydrogens is 214 g/mol. The van der Waals surface area contributed by atoms with Crippen LogP contribution >= 0.6 is 0 Å². The Balaban J connectivity index is 2.60. The fourth-order valence-electron chi connectivity index (χ4n) is 2.20. The second kappa shape index (κ2) is 3.23. The molecule has 3 aromatic heterocycles. The third-order valence-corrected chi connectivity index (χ3v) is 2.85. The van der Waals surface area contributed by atoms with E-state index in [4.69, 9.17) is 0 Å². The molecule has 86 valence electrons. The first-order valence-electron chi connectivity index (χ1n) is 5.59. The van der Waals surface area contributed by atoms with Gasteiger partial charge < -0.3 is 0 Å². The third kappa shape index (κ3) is 1.39. The van der Waals surface area contributed by atoms with Gasteiger partial charge in [-0.25, -0.2) is 0 Å². The lowest BCUT2D eigenvalue weighted by Gasteiger charge is -1.95. The van der Waals surface area contributed by atoms with Gasteiger partial charge in [-0.15, -0.1) is 14.5 Å². The van der Waals surface area contributed by atoms with Crippen molar-refractivity contribution in [2.75, 3.05) is 0 Å². The van der Waals surface area contributed by atoms with Gasteiger partial charge in [-0.05, 0) is 33.8 Å². The second-order valence-electron chi connectivity index (χ2n) is 4.43. The monoisotopic (exact) mass is 228 g/mol. The van der Waals surface area contributed by atoms with Crippen LogP contribution in [0.15, 0.2) is 12.1 Å². The quantitative estimate of drug-likeness (QED) is 0.541. The molecule has 0 aromatic carbocycles. The molecule has 0 bridgehead atoms. The van der Waals surface area contributed by atoms with Gasteiger partial charge in [-0.3, -0.25) is 0 Å². The van der Waals surface area contributed by atoms with Crippen LogP contribution in [0.4, 0.5) is 0 Å². The molecule has 0 aliphatic rings. The summed E-state index contributed by atoms with van der Waals surface area (Å²) in [6.45, 7) is 8.03. The van der Waals surface area contributed by atoms with E-state index in [9.17, 15) is 0 Å². The molecule has 17 heavy (non-hydrogen) atoms. The van der Waals surface area contributed by atoms with E-state index in [1.54, 1.807) is 0 Å². The Bertz CT molecular complexity index is 742. The number of rotatable bonds is 0. The third-order valence-electron chi connectivity index (χ3n) is 2.85. The minimum absolute atomic E-state index is 0.698. The summed E-state index contributed by atoms with van der Waals surface area (Å²) in [5, 5.41) is 4.48. The van der Waals surface area contributed by atoms with Crippen LogP contribution < -0.4 is 4.40 Å². The number of aryl methyl sites for hydroxylation is 4. The maximum absolute atomic E-state index is 4.54. The van der Waals surface area contributed by atoms with Crippen LogP contribution in [0.1, 0.15) is 22.8 Å². The molecule has 5 heteroatoms. The van der Waals surface area contributed by atoms with Crippen molar-refractivity contribution in [3.63, 3.8) is 0 Å². The van der Waals surface area contributed by atoms with Crippen LogP contribution in [-0.2, 0) is 0 Å². The molecule has 0 saturated carbocycles. The molecule has 0 saturated heterocycles. The van der Waals surface area contributed by atoms with E-state index in [1.165, 1.54) is 0 Å². The highest BCUT2D eigenvalue weighted by atomic mass is 15.4. The van der Waals surface area contributed by atoms with Crippen molar-refractivity contribution < 1.29 is 4.40 Å². The number of hydrogen-bond donors (Lipinski definition) is 0. The van der Waals surface area contributed by atoms with E-state index >= 15 is 0 Å². The maximum Gasteiger partial charge on any atom is 0.389 e. The average molecular weight is 228 g/mol. The van der Waals surface area contributed by atoms with Crippen molar-refractivity contribution in [1.82, 2.24) is 19.6 Å². The van der Waals surface area contributed by atoms with E-state index in [2.05, 4.69) is 15.1 Å². The van der Waals surface area contributed by atoms with Gasteiger partial charge in [0, 0.05) is 11.2 Å². The van der Waals surface area contributed by atoms with Gasteiger partial charge in [0.15, 0.2) is 0 Å². The first-order valence-corrected chi connectivity index (χ1v) is 5.59. The molecule has 0 spiro atoms. The van der Waals surface area contributed by atoms with Crippen LogP contribution in [0.2, 0.25) is 0 Å². The van der Waals surface area contributed by atoms with Gasteiger partial charge in [0.1, 0.15) is 0 Å². The van der Waals surface area contributed by atoms with Crippen molar-refractivity contribution in [3.05, 3.63) is 34.9 Å². The fourth-order valence-corrected chi connectivity index (χ4v) is 2.20. The van der Waals surface area contributed by atoms with E-state index in [-0.39, 0.29) is 0 Å². The molecule has 3 aromatic rings. The molecule has 0 N–H and O–H groups in total. The highest BCUT2D eigenvalue weighted by Gasteiger charge is 2.19. The van der Waals surface area contributed by atoms with Gasteiger partial charge in [0.2, 0.25) is 0 Å². The van der Waals surface area contributed by atoms with Gasteiger partial charge in [0.25, 0.3) is 0 Å². The molecular formula is C12H14N5+. The zero-order valence-electron chi connectivity index (χ0n) is 10.4. The summed E-state index contributed by atoms with van der Waals surface area (Å²) >= 11 is 0. The molecule has 0 unspecified atom stereocenters. The highest BCUT2D eigenvalue weighted by molar-refractivity contribution is 5.32. The summed E-state index contributed by atoms with van der Waals surface area (Å²) in [6.07, 6.45) is 0. The number of fused-ring (bicyclic) bond motifs is 3. The molecule has 3 rings (SSSR count). The standard InChI is InChI=1S/C12H14N5/c1-7-5-9(3)16-11(13-7)15-17-10(4)6-8(2)14-12(16)17/h5-6H,1-4H3/q+1. The second-order valence-corrected chi connectivity index (χ2v) is 4.43. The first-order chi connectivity index (χ1) is 8.06. The SMILES string of the molecule is Cc1cc(C)[n+]2c(n1)nn1c(C)cc(C)nc12. The average Bonchev–Trinajstić information content (AvgIpc) is 2.56. The van der Waals surface area contributed by atoms with Crippen LogP contribution in [0.5, 0.6) is 0 Å². The minimum Gasteiger partial charge on any atom is -0.178 e. The predicted octanol–water partition coefficient (Wildman–Crippen LogP) is 1.10. The van der Waals surface area contributed by atoms with Crippen molar-refractivity contribution in [2.45, 2.75) is 27.7 Å². The smallest absolute Gasteiger partial charge is 0.178 e. The first kappa shape index (κ1) is 10.1. The van der Waals surface area contributed by atoms with E-state index < -0.39 is 0 Å². The minimum atomic E-state index is 0.698. The zero-order valence-corrected chi connectivity index (χ0v) is 10.4. The summed E-state index contributed by atoms with van der Waals surface area (Å²) < 4.78 is 3.81. The Morgan fingerprint density at radius 1 is 1.00 bits per heavy atom. The molecule has 0 fully saturated rings. The zero-order chi connectivity index (χ0) is 12.2. The van der Waals surface area contributed by atoms with Gasteiger partial charge in [-0.1, -0.05) is 0 Å². The lowest BCUT2D eigenvalue weighted by atomic mass is 10.3. The molecule has 0 amide bonds. The summed E-state index contributed by atoms with van der Waals surface area (Å²) in [6, 6.07) is 4.05. The lowest BCUT2D eigenvalue weighted by molar-refractivity contribution is -0.496. The predicted molar refractivity (Wildman–Crippen MR) is 62.9 cm³/mol. The number of aromatic nitrogens is 5. The van der Waals surface area contributed by atoms with Gasteiger partial charge >= 0.3 is 11.6 Å². The Morgan fingerprint density at radius 2 is 1.71 bits per heavy atom. The summed E-state index contributed by atoms with van der Waals surface area (Å²) in [7, 11) is 0. The van der Waals surface area contributed by atoms with Crippen molar-refractivity contribution >= 4 is 11.6 Å². The topological polar surface area (TPSA) is 47.2 Å². The molecule has 5 nitrogen and oxygen atoms in total. The number of hydrogen-bond acceptors (Lipinski definition) is 3. The summed E-state index contributed by atoms with van der Waals surface area (Å²) in [4.78, 5) is 8.97. The molecule has 0 atom stereocenters.